The molecule has 0 aliphatic heterocycles. The summed E-state index contributed by atoms with van der Waals surface area (Å²) in [6.07, 6.45) is 3.36. The Morgan fingerprint density at radius 2 is 2.00 bits per heavy atom. The van der Waals surface area contributed by atoms with E-state index in [1.807, 2.05) is 32.0 Å². The molecule has 1 heterocycles. The lowest BCUT2D eigenvalue weighted by atomic mass is 10.1. The number of aryl methyl sites for hydroxylation is 2. The Labute approximate surface area is 118 Å². The van der Waals surface area contributed by atoms with Crippen LogP contribution in [0.5, 0.6) is 0 Å². The molecule has 0 saturated heterocycles. The molecule has 2 N–H and O–H groups in total. The van der Waals surface area contributed by atoms with Crippen LogP contribution >= 0.6 is 0 Å². The molecule has 5 heteroatoms. The van der Waals surface area contributed by atoms with Gasteiger partial charge in [-0.3, -0.25) is 14.8 Å². The van der Waals surface area contributed by atoms with Gasteiger partial charge in [0.2, 0.25) is 0 Å². The molecule has 0 aliphatic rings. The quantitative estimate of drug-likeness (QED) is 0.892. The Morgan fingerprint density at radius 3 is 2.65 bits per heavy atom. The summed E-state index contributed by atoms with van der Waals surface area (Å²) < 4.78 is 0. The van der Waals surface area contributed by atoms with E-state index in [-0.39, 0.29) is 5.91 Å². The maximum atomic E-state index is 12.2. The SMILES string of the molecule is CNc1ccc(C)cc1C(=O)NCc1cnc(C)cn1. The molecule has 0 fully saturated rings. The molecule has 5 nitrogen and oxygen atoms in total. The molecule has 1 amide bonds. The Morgan fingerprint density at radius 1 is 1.20 bits per heavy atom. The predicted molar refractivity (Wildman–Crippen MR) is 78.7 cm³/mol. The van der Waals surface area contributed by atoms with Gasteiger partial charge in [0.05, 0.1) is 29.7 Å². The minimum absolute atomic E-state index is 0.125. The Bertz CT molecular complexity index is 608. The maximum Gasteiger partial charge on any atom is 0.253 e. The van der Waals surface area contributed by atoms with Crippen LogP contribution in [-0.4, -0.2) is 22.9 Å². The van der Waals surface area contributed by atoms with E-state index in [9.17, 15) is 4.79 Å². The molecular formula is C15H18N4O. The Kier molecular flexibility index (Phi) is 4.30. The lowest BCUT2D eigenvalue weighted by Gasteiger charge is -2.10. The van der Waals surface area contributed by atoms with E-state index in [0.29, 0.717) is 12.1 Å². The van der Waals surface area contributed by atoms with Crippen LogP contribution in [-0.2, 0) is 6.54 Å². The van der Waals surface area contributed by atoms with Crippen molar-refractivity contribution in [3.8, 4) is 0 Å². The van der Waals surface area contributed by atoms with Crippen molar-refractivity contribution < 1.29 is 4.79 Å². The van der Waals surface area contributed by atoms with E-state index >= 15 is 0 Å². The van der Waals surface area contributed by atoms with Gasteiger partial charge < -0.3 is 10.6 Å². The number of carbonyl (C=O) groups excluding carboxylic acids is 1. The predicted octanol–water partition coefficient (Wildman–Crippen LogP) is 2.07. The van der Waals surface area contributed by atoms with Gasteiger partial charge in [0, 0.05) is 18.9 Å². The summed E-state index contributed by atoms with van der Waals surface area (Å²) in [6.45, 7) is 4.20. The van der Waals surface area contributed by atoms with Crippen LogP contribution < -0.4 is 10.6 Å². The van der Waals surface area contributed by atoms with Crippen molar-refractivity contribution in [2.45, 2.75) is 20.4 Å². The van der Waals surface area contributed by atoms with E-state index in [4.69, 9.17) is 0 Å². The van der Waals surface area contributed by atoms with Gasteiger partial charge in [-0.15, -0.1) is 0 Å². The number of hydrogen-bond donors (Lipinski definition) is 2. The first-order chi connectivity index (χ1) is 9.60. The number of nitrogens with one attached hydrogen (secondary N) is 2. The van der Waals surface area contributed by atoms with E-state index in [1.165, 1.54) is 0 Å². The van der Waals surface area contributed by atoms with Gasteiger partial charge in [-0.2, -0.15) is 0 Å². The number of aromatic nitrogens is 2. The number of carbonyl (C=O) groups is 1. The van der Waals surface area contributed by atoms with Crippen LogP contribution in [0.3, 0.4) is 0 Å². The fourth-order valence-corrected chi connectivity index (χ4v) is 1.84. The summed E-state index contributed by atoms with van der Waals surface area (Å²) in [5.41, 5.74) is 4.08. The molecule has 2 aromatic rings. The van der Waals surface area contributed by atoms with Crippen LogP contribution in [0.25, 0.3) is 0 Å². The van der Waals surface area contributed by atoms with Gasteiger partial charge in [-0.05, 0) is 26.0 Å². The third-order valence-corrected chi connectivity index (χ3v) is 2.95. The highest BCUT2D eigenvalue weighted by Gasteiger charge is 2.10. The first-order valence-electron chi connectivity index (χ1n) is 6.44. The zero-order valence-electron chi connectivity index (χ0n) is 11.9. The topological polar surface area (TPSA) is 66.9 Å². The van der Waals surface area contributed by atoms with Gasteiger partial charge in [0.25, 0.3) is 5.91 Å². The van der Waals surface area contributed by atoms with Crippen molar-refractivity contribution in [2.24, 2.45) is 0 Å². The molecule has 0 aliphatic carbocycles. The van der Waals surface area contributed by atoms with E-state index in [2.05, 4.69) is 20.6 Å². The van der Waals surface area contributed by atoms with Gasteiger partial charge >= 0.3 is 0 Å². The summed E-state index contributed by atoms with van der Waals surface area (Å²) in [5, 5.41) is 5.88. The van der Waals surface area contributed by atoms with E-state index in [1.54, 1.807) is 19.4 Å². The highest BCUT2D eigenvalue weighted by molar-refractivity contribution is 5.99. The second-order valence-corrected chi connectivity index (χ2v) is 4.63. The number of rotatable bonds is 4. The summed E-state index contributed by atoms with van der Waals surface area (Å²) in [6, 6.07) is 5.73. The van der Waals surface area contributed by atoms with Crippen molar-refractivity contribution in [2.75, 3.05) is 12.4 Å². The van der Waals surface area contributed by atoms with Gasteiger partial charge in [-0.1, -0.05) is 11.6 Å². The molecule has 0 spiro atoms. The third kappa shape index (κ3) is 3.32. The molecule has 104 valence electrons. The number of nitrogens with zero attached hydrogens (tertiary/aromatic N) is 2. The van der Waals surface area contributed by atoms with Gasteiger partial charge in [-0.25, -0.2) is 0 Å². The average Bonchev–Trinajstić information content (AvgIpc) is 2.46. The Balaban J connectivity index is 2.08. The first-order valence-corrected chi connectivity index (χ1v) is 6.44. The number of hydrogen-bond acceptors (Lipinski definition) is 4. The van der Waals surface area contributed by atoms with Gasteiger partial charge in [0.15, 0.2) is 0 Å². The van der Waals surface area contributed by atoms with Crippen molar-refractivity contribution in [1.29, 1.82) is 0 Å². The molecule has 0 saturated carbocycles. The first kappa shape index (κ1) is 14.0. The number of amides is 1. The maximum absolute atomic E-state index is 12.2. The molecule has 20 heavy (non-hydrogen) atoms. The summed E-state index contributed by atoms with van der Waals surface area (Å²) in [7, 11) is 1.80. The van der Waals surface area contributed by atoms with E-state index in [0.717, 1.165) is 22.6 Å². The average molecular weight is 270 g/mol. The fourth-order valence-electron chi connectivity index (χ4n) is 1.84. The molecule has 0 bridgehead atoms. The summed E-state index contributed by atoms with van der Waals surface area (Å²) >= 11 is 0. The van der Waals surface area contributed by atoms with Crippen LogP contribution in [0.15, 0.2) is 30.6 Å². The largest absolute Gasteiger partial charge is 0.387 e. The van der Waals surface area contributed by atoms with Crippen LogP contribution in [0, 0.1) is 13.8 Å². The number of benzene rings is 1. The van der Waals surface area contributed by atoms with Crippen molar-refractivity contribution in [3.63, 3.8) is 0 Å². The summed E-state index contributed by atoms with van der Waals surface area (Å²) in [5.74, 6) is -0.125. The molecule has 0 atom stereocenters. The highest BCUT2D eigenvalue weighted by atomic mass is 16.1. The molecule has 1 aromatic heterocycles. The molecular weight excluding hydrogens is 252 g/mol. The molecule has 1 aromatic carbocycles. The third-order valence-electron chi connectivity index (χ3n) is 2.95. The van der Waals surface area contributed by atoms with Crippen LogP contribution in [0.2, 0.25) is 0 Å². The van der Waals surface area contributed by atoms with Crippen LogP contribution in [0.1, 0.15) is 27.3 Å². The van der Waals surface area contributed by atoms with Crippen LogP contribution in [0.4, 0.5) is 5.69 Å². The molecule has 0 radical (unpaired) electrons. The standard InChI is InChI=1S/C15H18N4O/c1-10-4-5-14(16-3)13(6-10)15(20)19-9-12-8-17-11(2)7-18-12/h4-8,16H,9H2,1-3H3,(H,19,20). The molecule has 0 unspecified atom stereocenters. The normalized spacial score (nSPS) is 10.2. The molecule has 2 rings (SSSR count). The fraction of sp³-hybridized carbons (Fsp3) is 0.267. The monoisotopic (exact) mass is 270 g/mol. The van der Waals surface area contributed by atoms with Gasteiger partial charge in [0.1, 0.15) is 0 Å². The smallest absolute Gasteiger partial charge is 0.253 e. The lowest BCUT2D eigenvalue weighted by molar-refractivity contribution is 0.0951. The lowest BCUT2D eigenvalue weighted by Crippen LogP contribution is -2.24. The zero-order chi connectivity index (χ0) is 14.5. The minimum Gasteiger partial charge on any atom is -0.387 e. The van der Waals surface area contributed by atoms with Crippen molar-refractivity contribution >= 4 is 11.6 Å². The highest BCUT2D eigenvalue weighted by Crippen LogP contribution is 2.16. The zero-order valence-corrected chi connectivity index (χ0v) is 11.9. The van der Waals surface area contributed by atoms with Crippen molar-refractivity contribution in [3.05, 3.63) is 53.1 Å². The van der Waals surface area contributed by atoms with E-state index < -0.39 is 0 Å². The van der Waals surface area contributed by atoms with Crippen molar-refractivity contribution in [1.82, 2.24) is 15.3 Å². The number of anilines is 1. The second-order valence-electron chi connectivity index (χ2n) is 4.63. The summed E-state index contributed by atoms with van der Waals surface area (Å²) in [4.78, 5) is 20.6. The minimum atomic E-state index is -0.125. The second kappa shape index (κ2) is 6.14. The Hall–Kier alpha value is -2.43.